The molecule has 1 heterocycles. The van der Waals surface area contributed by atoms with E-state index in [0.717, 1.165) is 31.6 Å². The lowest BCUT2D eigenvalue weighted by molar-refractivity contribution is 0.116. The van der Waals surface area contributed by atoms with Gasteiger partial charge < -0.3 is 4.74 Å². The lowest BCUT2D eigenvalue weighted by Crippen LogP contribution is -1.95. The van der Waals surface area contributed by atoms with Crippen LogP contribution in [0.3, 0.4) is 0 Å². The molecule has 0 saturated carbocycles. The molecule has 120 valence electrons. The van der Waals surface area contributed by atoms with Gasteiger partial charge in [-0.1, -0.05) is 61.4 Å². The Morgan fingerprint density at radius 1 is 0.826 bits per heavy atom. The first-order valence-corrected chi connectivity index (χ1v) is 8.47. The fourth-order valence-electron chi connectivity index (χ4n) is 2.83. The molecule has 23 heavy (non-hydrogen) atoms. The van der Waals surface area contributed by atoms with E-state index in [1.807, 2.05) is 12.1 Å². The molecule has 0 fully saturated rings. The van der Waals surface area contributed by atoms with Gasteiger partial charge in [0.15, 0.2) is 0 Å². The summed E-state index contributed by atoms with van der Waals surface area (Å²) in [6, 6.07) is 18.7. The number of hydrogen-bond acceptors (Lipinski definition) is 2. The zero-order chi connectivity index (χ0) is 15.7. The van der Waals surface area contributed by atoms with Crippen LogP contribution in [0, 0.1) is 0 Å². The van der Waals surface area contributed by atoms with Crippen LogP contribution in [0.5, 0.6) is 0 Å². The first-order valence-electron chi connectivity index (χ1n) is 8.47. The second-order valence-corrected chi connectivity index (χ2v) is 5.92. The summed E-state index contributed by atoms with van der Waals surface area (Å²) in [5.41, 5.74) is 3.58. The summed E-state index contributed by atoms with van der Waals surface area (Å²) >= 11 is 0. The number of nitrogens with zero attached hydrogens (tertiary/aromatic N) is 1. The molecule has 1 aromatic heterocycles. The van der Waals surface area contributed by atoms with Gasteiger partial charge in [0.1, 0.15) is 0 Å². The molecule has 3 rings (SSSR count). The monoisotopic (exact) mass is 308 g/mol. The van der Waals surface area contributed by atoms with E-state index in [-0.39, 0.29) is 0 Å². The van der Waals surface area contributed by atoms with Gasteiger partial charge >= 0.3 is 0 Å². The Morgan fingerprint density at radius 2 is 1.61 bits per heavy atom. The second-order valence-electron chi connectivity index (χ2n) is 5.92. The molecule has 3 nitrogen and oxygen atoms in total. The molecule has 0 aliphatic heterocycles. The highest BCUT2D eigenvalue weighted by Gasteiger charge is 2.03. The lowest BCUT2D eigenvalue weighted by atomic mass is 10.1. The highest BCUT2D eigenvalue weighted by molar-refractivity contribution is 5.81. The third-order valence-corrected chi connectivity index (χ3v) is 4.12. The third-order valence-electron chi connectivity index (χ3n) is 4.12. The number of unbranched alkanes of at least 4 members (excludes halogenated alkanes) is 3. The summed E-state index contributed by atoms with van der Waals surface area (Å²) in [6.07, 6.45) is 5.87. The van der Waals surface area contributed by atoms with Crippen LogP contribution in [0.4, 0.5) is 0 Å². The van der Waals surface area contributed by atoms with E-state index in [1.54, 1.807) is 0 Å². The number of para-hydroxylation sites is 1. The standard InChI is InChI=1S/C20H24N2O/c1(2-9-15-23-16-17-10-4-3-5-11-17)6-13-19-18-12-7-8-14-20(18)22-21-19/h3-5,7-8,10-12,14H,1-2,6,9,13,15-16H2,(H,21,22). The number of aromatic amines is 1. The topological polar surface area (TPSA) is 37.9 Å². The minimum absolute atomic E-state index is 0.723. The summed E-state index contributed by atoms with van der Waals surface area (Å²) in [5, 5.41) is 8.77. The first-order chi connectivity index (χ1) is 11.4. The van der Waals surface area contributed by atoms with Crippen molar-refractivity contribution in [1.82, 2.24) is 10.2 Å². The largest absolute Gasteiger partial charge is 0.377 e. The highest BCUT2D eigenvalue weighted by atomic mass is 16.5. The Labute approximate surface area is 137 Å². The van der Waals surface area contributed by atoms with Crippen molar-refractivity contribution in [2.45, 2.75) is 38.7 Å². The maximum absolute atomic E-state index is 5.71. The molecule has 0 amide bonds. The van der Waals surface area contributed by atoms with Crippen molar-refractivity contribution < 1.29 is 4.74 Å². The number of ether oxygens (including phenoxy) is 1. The summed E-state index contributed by atoms with van der Waals surface area (Å²) < 4.78 is 5.71. The predicted molar refractivity (Wildman–Crippen MR) is 94.4 cm³/mol. The highest BCUT2D eigenvalue weighted by Crippen LogP contribution is 2.17. The van der Waals surface area contributed by atoms with Gasteiger partial charge in [-0.15, -0.1) is 0 Å². The number of hydrogen-bond donors (Lipinski definition) is 1. The molecule has 0 aliphatic rings. The molecule has 0 unspecified atom stereocenters. The Bertz CT molecular complexity index is 706. The van der Waals surface area contributed by atoms with E-state index in [2.05, 4.69) is 52.7 Å². The van der Waals surface area contributed by atoms with Crippen molar-refractivity contribution in [3.8, 4) is 0 Å². The molecule has 0 radical (unpaired) electrons. The average Bonchev–Trinajstić information content (AvgIpc) is 3.01. The fraction of sp³-hybridized carbons (Fsp3) is 0.350. The summed E-state index contributed by atoms with van der Waals surface area (Å²) in [4.78, 5) is 0. The summed E-state index contributed by atoms with van der Waals surface area (Å²) in [6.45, 7) is 1.57. The Hall–Kier alpha value is -2.13. The van der Waals surface area contributed by atoms with Crippen LogP contribution in [0.2, 0.25) is 0 Å². The molecule has 0 spiro atoms. The van der Waals surface area contributed by atoms with E-state index in [4.69, 9.17) is 4.74 Å². The Balaban J connectivity index is 1.27. The molecular formula is C20H24N2O. The maximum atomic E-state index is 5.71. The van der Waals surface area contributed by atoms with E-state index in [9.17, 15) is 0 Å². The van der Waals surface area contributed by atoms with E-state index < -0.39 is 0 Å². The third kappa shape index (κ3) is 4.67. The van der Waals surface area contributed by atoms with Crippen LogP contribution in [0.25, 0.3) is 10.9 Å². The van der Waals surface area contributed by atoms with Gasteiger partial charge in [0, 0.05) is 17.7 Å². The molecule has 3 aromatic rings. The number of nitrogens with one attached hydrogen (secondary N) is 1. The molecule has 0 aliphatic carbocycles. The van der Waals surface area contributed by atoms with Crippen molar-refractivity contribution in [3.63, 3.8) is 0 Å². The number of fused-ring (bicyclic) bond motifs is 1. The SMILES string of the molecule is c1ccc(COCCCCCCc2[nH]nc3ccccc23)cc1. The van der Waals surface area contributed by atoms with Gasteiger partial charge in [0.25, 0.3) is 0 Å². The van der Waals surface area contributed by atoms with Crippen molar-refractivity contribution in [2.24, 2.45) is 0 Å². The second kappa shape index (κ2) is 8.49. The van der Waals surface area contributed by atoms with Gasteiger partial charge in [-0.2, -0.15) is 5.10 Å². The number of H-pyrrole nitrogens is 1. The minimum Gasteiger partial charge on any atom is -0.377 e. The molecule has 2 aromatic carbocycles. The zero-order valence-electron chi connectivity index (χ0n) is 13.5. The van der Waals surface area contributed by atoms with Crippen LogP contribution in [-0.2, 0) is 17.8 Å². The molecule has 0 saturated heterocycles. The van der Waals surface area contributed by atoms with E-state index in [1.165, 1.54) is 35.9 Å². The summed E-state index contributed by atoms with van der Waals surface area (Å²) in [7, 11) is 0. The van der Waals surface area contributed by atoms with Crippen LogP contribution >= 0.6 is 0 Å². The number of benzene rings is 2. The van der Waals surface area contributed by atoms with E-state index in [0.29, 0.717) is 0 Å². The zero-order valence-corrected chi connectivity index (χ0v) is 13.5. The van der Waals surface area contributed by atoms with Crippen LogP contribution < -0.4 is 0 Å². The Kier molecular flexibility index (Phi) is 5.81. The van der Waals surface area contributed by atoms with Crippen molar-refractivity contribution in [3.05, 3.63) is 65.9 Å². The van der Waals surface area contributed by atoms with Crippen molar-refractivity contribution in [1.29, 1.82) is 0 Å². The van der Waals surface area contributed by atoms with Gasteiger partial charge in [-0.25, -0.2) is 0 Å². The molecular weight excluding hydrogens is 284 g/mol. The van der Waals surface area contributed by atoms with Gasteiger partial charge in [-0.05, 0) is 30.9 Å². The first kappa shape index (κ1) is 15.8. The van der Waals surface area contributed by atoms with Crippen LogP contribution in [0.15, 0.2) is 54.6 Å². The quantitative estimate of drug-likeness (QED) is 0.572. The van der Waals surface area contributed by atoms with Gasteiger partial charge in [0.2, 0.25) is 0 Å². The molecule has 0 bridgehead atoms. The van der Waals surface area contributed by atoms with Crippen LogP contribution in [-0.4, -0.2) is 16.8 Å². The lowest BCUT2D eigenvalue weighted by Gasteiger charge is -2.04. The van der Waals surface area contributed by atoms with Gasteiger partial charge in [0.05, 0.1) is 12.1 Å². The number of aryl methyl sites for hydroxylation is 1. The number of rotatable bonds is 9. The Morgan fingerprint density at radius 3 is 2.52 bits per heavy atom. The van der Waals surface area contributed by atoms with Crippen molar-refractivity contribution in [2.75, 3.05) is 6.61 Å². The van der Waals surface area contributed by atoms with Gasteiger partial charge in [-0.3, -0.25) is 5.10 Å². The number of aromatic nitrogens is 2. The van der Waals surface area contributed by atoms with Crippen molar-refractivity contribution >= 4 is 10.9 Å². The summed E-state index contributed by atoms with van der Waals surface area (Å²) in [5.74, 6) is 0. The molecule has 0 atom stereocenters. The fourth-order valence-corrected chi connectivity index (χ4v) is 2.83. The molecule has 1 N–H and O–H groups in total. The molecule has 3 heteroatoms. The minimum atomic E-state index is 0.723. The average molecular weight is 308 g/mol. The normalized spacial score (nSPS) is 11.1. The maximum Gasteiger partial charge on any atom is 0.0923 e. The van der Waals surface area contributed by atoms with E-state index >= 15 is 0 Å². The smallest absolute Gasteiger partial charge is 0.0923 e. The van der Waals surface area contributed by atoms with Crippen LogP contribution in [0.1, 0.15) is 36.9 Å². The predicted octanol–water partition coefficient (Wildman–Crippen LogP) is 4.88.